The van der Waals surface area contributed by atoms with Crippen molar-refractivity contribution in [1.29, 1.82) is 0 Å². The summed E-state index contributed by atoms with van der Waals surface area (Å²) in [6, 6.07) is 1.55. The van der Waals surface area contributed by atoms with E-state index >= 15 is 0 Å². The molecular weight excluding hydrogens is 292 g/mol. The van der Waals surface area contributed by atoms with Crippen molar-refractivity contribution in [1.82, 2.24) is 14.6 Å². The van der Waals surface area contributed by atoms with E-state index in [0.29, 0.717) is 6.54 Å². The largest absolute Gasteiger partial charge is 0.374 e. The number of ether oxygens (including phenoxy) is 1. The number of hydrogen-bond acceptors (Lipinski definition) is 4. The summed E-state index contributed by atoms with van der Waals surface area (Å²) < 4.78 is 56.1. The lowest BCUT2D eigenvalue weighted by atomic mass is 10.4. The molecule has 0 unspecified atom stereocenters. The number of nitrogens with zero attached hydrogens (tertiary/aromatic N) is 1. The Morgan fingerprint density at radius 1 is 1.45 bits per heavy atom. The molecule has 0 fully saturated rings. The van der Waals surface area contributed by atoms with Gasteiger partial charge < -0.3 is 14.6 Å². The van der Waals surface area contributed by atoms with Crippen molar-refractivity contribution >= 4 is 10.0 Å². The molecule has 0 bridgehead atoms. The lowest BCUT2D eigenvalue weighted by molar-refractivity contribution is 0.0199. The number of nitrogens with one attached hydrogen (secondary N) is 2. The summed E-state index contributed by atoms with van der Waals surface area (Å²) in [5.74, 6) is 0. The van der Waals surface area contributed by atoms with Gasteiger partial charge in [0.15, 0.2) is 0 Å². The minimum atomic E-state index is -3.65. The Morgan fingerprint density at radius 3 is 2.75 bits per heavy atom. The van der Waals surface area contributed by atoms with E-state index in [1.54, 1.807) is 24.7 Å². The highest BCUT2D eigenvalue weighted by Crippen LogP contribution is 2.13. The molecule has 0 saturated heterocycles. The number of aromatic nitrogens is 1. The molecular formula is C11H19F2N3O3S. The lowest BCUT2D eigenvalue weighted by Crippen LogP contribution is -2.27. The van der Waals surface area contributed by atoms with E-state index < -0.39 is 23.1 Å². The summed E-state index contributed by atoms with van der Waals surface area (Å²) in [6.45, 7) is -0.298. The average molecular weight is 311 g/mol. The molecule has 1 aromatic heterocycles. The van der Waals surface area contributed by atoms with E-state index in [-0.39, 0.29) is 18.0 Å². The number of aryl methyl sites for hydroxylation is 1. The van der Waals surface area contributed by atoms with Gasteiger partial charge in [-0.25, -0.2) is 21.9 Å². The predicted octanol–water partition coefficient (Wildman–Crippen LogP) is 0.304. The molecule has 1 aromatic rings. The van der Waals surface area contributed by atoms with Crippen LogP contribution < -0.4 is 10.0 Å². The SMILES string of the molecule is CNCc1cc(S(=O)(=O)NCCOCC(F)F)cn1C. The van der Waals surface area contributed by atoms with Gasteiger partial charge in [-0.1, -0.05) is 0 Å². The van der Waals surface area contributed by atoms with Gasteiger partial charge in [0.2, 0.25) is 10.0 Å². The summed E-state index contributed by atoms with van der Waals surface area (Å²) in [7, 11) is -0.136. The fourth-order valence-electron chi connectivity index (χ4n) is 1.58. The van der Waals surface area contributed by atoms with Crippen LogP contribution in [0, 0.1) is 0 Å². The molecule has 20 heavy (non-hydrogen) atoms. The van der Waals surface area contributed by atoms with Crippen LogP contribution in [0.5, 0.6) is 0 Å². The summed E-state index contributed by atoms with van der Waals surface area (Å²) in [5.41, 5.74) is 0.821. The first-order chi connectivity index (χ1) is 9.36. The van der Waals surface area contributed by atoms with Crippen molar-refractivity contribution in [2.75, 3.05) is 26.8 Å². The van der Waals surface area contributed by atoms with Crippen molar-refractivity contribution in [3.8, 4) is 0 Å². The Kier molecular flexibility index (Phi) is 6.53. The highest BCUT2D eigenvalue weighted by Gasteiger charge is 2.16. The summed E-state index contributed by atoms with van der Waals surface area (Å²) >= 11 is 0. The summed E-state index contributed by atoms with van der Waals surface area (Å²) in [6.07, 6.45) is -1.06. The molecule has 1 heterocycles. The van der Waals surface area contributed by atoms with Crippen molar-refractivity contribution in [2.45, 2.75) is 17.9 Å². The van der Waals surface area contributed by atoms with Crippen LogP contribution in [-0.4, -0.2) is 46.2 Å². The first-order valence-electron chi connectivity index (χ1n) is 6.02. The number of rotatable bonds is 9. The van der Waals surface area contributed by atoms with Crippen molar-refractivity contribution in [3.05, 3.63) is 18.0 Å². The molecule has 0 radical (unpaired) electrons. The van der Waals surface area contributed by atoms with Crippen LogP contribution in [0.4, 0.5) is 8.78 Å². The van der Waals surface area contributed by atoms with Crippen molar-refractivity contribution in [2.24, 2.45) is 7.05 Å². The Morgan fingerprint density at radius 2 is 2.15 bits per heavy atom. The molecule has 6 nitrogen and oxygen atoms in total. The minimum Gasteiger partial charge on any atom is -0.374 e. The molecule has 116 valence electrons. The molecule has 0 saturated carbocycles. The van der Waals surface area contributed by atoms with Gasteiger partial charge in [-0.05, 0) is 13.1 Å². The van der Waals surface area contributed by atoms with Crippen molar-refractivity contribution < 1.29 is 21.9 Å². The van der Waals surface area contributed by atoms with E-state index in [2.05, 4.69) is 14.8 Å². The number of alkyl halides is 2. The lowest BCUT2D eigenvalue weighted by Gasteiger charge is -2.05. The normalized spacial score (nSPS) is 12.2. The topological polar surface area (TPSA) is 72.4 Å². The average Bonchev–Trinajstić information content (AvgIpc) is 2.71. The van der Waals surface area contributed by atoms with Gasteiger partial charge >= 0.3 is 0 Å². The maximum Gasteiger partial charge on any atom is 0.261 e. The molecule has 0 aromatic carbocycles. The van der Waals surface area contributed by atoms with Crippen LogP contribution in [0.3, 0.4) is 0 Å². The third kappa shape index (κ3) is 5.16. The zero-order chi connectivity index (χ0) is 15.2. The monoisotopic (exact) mass is 311 g/mol. The number of hydrogen-bond donors (Lipinski definition) is 2. The zero-order valence-electron chi connectivity index (χ0n) is 11.4. The number of sulfonamides is 1. The molecule has 0 aliphatic heterocycles. The Balaban J connectivity index is 2.54. The highest BCUT2D eigenvalue weighted by atomic mass is 32.2. The quantitative estimate of drug-likeness (QED) is 0.644. The fraction of sp³-hybridized carbons (Fsp3) is 0.636. The summed E-state index contributed by atoms with van der Waals surface area (Å²) in [5, 5.41) is 2.93. The molecule has 0 amide bonds. The van der Waals surface area contributed by atoms with Gasteiger partial charge in [0.05, 0.1) is 11.5 Å². The van der Waals surface area contributed by atoms with E-state index in [0.717, 1.165) is 5.69 Å². The second-order valence-corrected chi connectivity index (χ2v) is 5.94. The second kappa shape index (κ2) is 7.67. The van der Waals surface area contributed by atoms with E-state index in [9.17, 15) is 17.2 Å². The first kappa shape index (κ1) is 17.0. The number of halogens is 2. The van der Waals surface area contributed by atoms with E-state index in [1.807, 2.05) is 0 Å². The van der Waals surface area contributed by atoms with Crippen LogP contribution in [0.2, 0.25) is 0 Å². The van der Waals surface area contributed by atoms with Crippen LogP contribution in [-0.2, 0) is 28.4 Å². The van der Waals surface area contributed by atoms with Crippen LogP contribution in [0.25, 0.3) is 0 Å². The molecule has 1 rings (SSSR count). The summed E-state index contributed by atoms with van der Waals surface area (Å²) in [4.78, 5) is 0.138. The fourth-order valence-corrected chi connectivity index (χ4v) is 2.69. The van der Waals surface area contributed by atoms with Gasteiger partial charge in [-0.3, -0.25) is 0 Å². The molecule has 0 aliphatic rings. The van der Waals surface area contributed by atoms with Crippen LogP contribution in [0.1, 0.15) is 5.69 Å². The van der Waals surface area contributed by atoms with Crippen LogP contribution >= 0.6 is 0 Å². The highest BCUT2D eigenvalue weighted by molar-refractivity contribution is 7.89. The van der Waals surface area contributed by atoms with Gasteiger partial charge in [0.25, 0.3) is 6.43 Å². The zero-order valence-corrected chi connectivity index (χ0v) is 12.2. The van der Waals surface area contributed by atoms with E-state index in [1.165, 1.54) is 6.20 Å². The Hall–Kier alpha value is -1.03. The third-order valence-corrected chi connectivity index (χ3v) is 3.96. The Bertz CT molecular complexity index is 517. The molecule has 0 aliphatic carbocycles. The van der Waals surface area contributed by atoms with Crippen LogP contribution in [0.15, 0.2) is 17.2 Å². The van der Waals surface area contributed by atoms with Gasteiger partial charge in [-0.2, -0.15) is 0 Å². The first-order valence-corrected chi connectivity index (χ1v) is 7.50. The van der Waals surface area contributed by atoms with Gasteiger partial charge in [-0.15, -0.1) is 0 Å². The minimum absolute atomic E-state index is 0.0503. The molecule has 2 N–H and O–H groups in total. The van der Waals surface area contributed by atoms with Gasteiger partial charge in [0, 0.05) is 32.0 Å². The Labute approximate surface area is 117 Å². The second-order valence-electron chi connectivity index (χ2n) is 4.17. The molecule has 9 heteroatoms. The maximum absolute atomic E-state index is 12.0. The van der Waals surface area contributed by atoms with Gasteiger partial charge in [0.1, 0.15) is 6.61 Å². The third-order valence-electron chi connectivity index (χ3n) is 2.53. The van der Waals surface area contributed by atoms with Crippen molar-refractivity contribution in [3.63, 3.8) is 0 Å². The molecule has 0 spiro atoms. The molecule has 0 atom stereocenters. The maximum atomic E-state index is 12.0. The smallest absolute Gasteiger partial charge is 0.261 e. The standard InChI is InChI=1S/C11H19F2N3O3S/c1-14-6-9-5-10(7-16(9)2)20(17,18)15-3-4-19-8-11(12)13/h5,7,11,14-15H,3-4,6,8H2,1-2H3. The van der Waals surface area contributed by atoms with E-state index in [4.69, 9.17) is 0 Å². The predicted molar refractivity (Wildman–Crippen MR) is 70.2 cm³/mol.